The van der Waals surface area contributed by atoms with Crippen molar-refractivity contribution < 1.29 is 13.2 Å². The molecule has 1 N–H and O–H groups in total. The van der Waals surface area contributed by atoms with Crippen LogP contribution in [-0.2, 0) is 10.0 Å². The van der Waals surface area contributed by atoms with Crippen molar-refractivity contribution in [3.8, 4) is 5.69 Å². The lowest BCUT2D eigenvalue weighted by atomic mass is 9.96. The van der Waals surface area contributed by atoms with Gasteiger partial charge in [0.05, 0.1) is 10.6 Å². The zero-order chi connectivity index (χ0) is 21.8. The minimum atomic E-state index is -3.67. The predicted octanol–water partition coefficient (Wildman–Crippen LogP) is 4.08. The van der Waals surface area contributed by atoms with Crippen LogP contribution >= 0.6 is 0 Å². The quantitative estimate of drug-likeness (QED) is 0.629. The number of amides is 1. The molecule has 0 atom stereocenters. The first-order chi connectivity index (χ1) is 14.9. The van der Waals surface area contributed by atoms with Crippen LogP contribution in [0.5, 0.6) is 0 Å². The van der Waals surface area contributed by atoms with Crippen molar-refractivity contribution in [3.63, 3.8) is 0 Å². The van der Waals surface area contributed by atoms with Crippen molar-refractivity contribution in [2.45, 2.75) is 43.0 Å². The molecule has 31 heavy (non-hydrogen) atoms. The fourth-order valence-electron chi connectivity index (χ4n) is 3.91. The second-order valence-corrected chi connectivity index (χ2v) is 9.77. The average molecular weight is 439 g/mol. The summed E-state index contributed by atoms with van der Waals surface area (Å²) in [6, 6.07) is 17.4. The summed E-state index contributed by atoms with van der Waals surface area (Å²) in [6.07, 6.45) is 6.75. The van der Waals surface area contributed by atoms with Gasteiger partial charge in [-0.3, -0.25) is 4.79 Å². The minimum absolute atomic E-state index is 0.0122. The standard InChI is InChI=1S/C23H26N4O3S/c1-26(19-10-4-2-5-11-19)31(29,30)21-14-8-9-18(17-21)23(28)24-22-15-16-27(25-22)20-12-6-3-7-13-20/h3,6-9,12-17,19H,2,4-5,10-11H2,1H3,(H,24,25,28). The third-order valence-corrected chi connectivity index (χ3v) is 7.62. The molecule has 4 rings (SSSR count). The summed E-state index contributed by atoms with van der Waals surface area (Å²) >= 11 is 0. The van der Waals surface area contributed by atoms with Crippen molar-refractivity contribution in [1.82, 2.24) is 14.1 Å². The molecule has 0 saturated heterocycles. The molecule has 3 aromatic rings. The van der Waals surface area contributed by atoms with E-state index in [-0.39, 0.29) is 16.5 Å². The Morgan fingerprint density at radius 2 is 1.77 bits per heavy atom. The number of aromatic nitrogens is 2. The maximum atomic E-state index is 13.1. The summed E-state index contributed by atoms with van der Waals surface area (Å²) in [7, 11) is -2.03. The van der Waals surface area contributed by atoms with Crippen molar-refractivity contribution in [2.75, 3.05) is 12.4 Å². The van der Waals surface area contributed by atoms with Gasteiger partial charge in [-0.2, -0.15) is 9.40 Å². The third-order valence-electron chi connectivity index (χ3n) is 5.71. The molecule has 7 nitrogen and oxygen atoms in total. The SMILES string of the molecule is CN(C1CCCCC1)S(=O)(=O)c1cccc(C(=O)Nc2ccn(-c3ccccc3)n2)c1. The Labute approximate surface area is 182 Å². The number of benzene rings is 2. The summed E-state index contributed by atoms with van der Waals surface area (Å²) in [4.78, 5) is 12.9. The van der Waals surface area contributed by atoms with Crippen molar-refractivity contribution in [2.24, 2.45) is 0 Å². The summed E-state index contributed by atoms with van der Waals surface area (Å²) < 4.78 is 29.3. The second kappa shape index (κ2) is 9.03. The van der Waals surface area contributed by atoms with E-state index in [2.05, 4.69) is 10.4 Å². The Balaban J connectivity index is 1.50. The Kier molecular flexibility index (Phi) is 6.20. The van der Waals surface area contributed by atoms with Gasteiger partial charge >= 0.3 is 0 Å². The van der Waals surface area contributed by atoms with E-state index >= 15 is 0 Å². The highest BCUT2D eigenvalue weighted by Crippen LogP contribution is 2.27. The van der Waals surface area contributed by atoms with Gasteiger partial charge in [-0.25, -0.2) is 13.1 Å². The highest BCUT2D eigenvalue weighted by molar-refractivity contribution is 7.89. The second-order valence-electron chi connectivity index (χ2n) is 7.78. The van der Waals surface area contributed by atoms with E-state index < -0.39 is 15.9 Å². The highest BCUT2D eigenvalue weighted by Gasteiger charge is 2.29. The van der Waals surface area contributed by atoms with Crippen LogP contribution in [0, 0.1) is 0 Å². The number of sulfonamides is 1. The van der Waals surface area contributed by atoms with Crippen LogP contribution in [0.2, 0.25) is 0 Å². The Bertz CT molecular complexity index is 1150. The van der Waals surface area contributed by atoms with Gasteiger partial charge in [0.2, 0.25) is 10.0 Å². The fraction of sp³-hybridized carbons (Fsp3) is 0.304. The maximum absolute atomic E-state index is 13.1. The molecule has 162 valence electrons. The lowest BCUT2D eigenvalue weighted by Crippen LogP contribution is -2.38. The van der Waals surface area contributed by atoms with Crippen LogP contribution in [0.1, 0.15) is 42.5 Å². The van der Waals surface area contributed by atoms with Crippen LogP contribution < -0.4 is 5.32 Å². The van der Waals surface area contributed by atoms with Crippen molar-refractivity contribution in [1.29, 1.82) is 0 Å². The Morgan fingerprint density at radius 3 is 2.52 bits per heavy atom. The average Bonchev–Trinajstić information content (AvgIpc) is 3.28. The smallest absolute Gasteiger partial charge is 0.256 e. The van der Waals surface area contributed by atoms with E-state index in [0.29, 0.717) is 5.82 Å². The molecule has 0 unspecified atom stereocenters. The first-order valence-electron chi connectivity index (χ1n) is 10.5. The molecule has 1 aromatic heterocycles. The first-order valence-corrected chi connectivity index (χ1v) is 11.9. The van der Waals surface area contributed by atoms with Gasteiger partial charge in [-0.15, -0.1) is 0 Å². The number of para-hydroxylation sites is 1. The van der Waals surface area contributed by atoms with Crippen molar-refractivity contribution in [3.05, 3.63) is 72.4 Å². The summed E-state index contributed by atoms with van der Waals surface area (Å²) in [5.74, 6) is -0.0166. The molecule has 0 bridgehead atoms. The molecule has 2 aromatic carbocycles. The highest BCUT2D eigenvalue weighted by atomic mass is 32.2. The molecule has 0 aliphatic heterocycles. The van der Waals surface area contributed by atoms with Gasteiger partial charge in [0.1, 0.15) is 0 Å². The topological polar surface area (TPSA) is 84.3 Å². The predicted molar refractivity (Wildman–Crippen MR) is 120 cm³/mol. The van der Waals surface area contributed by atoms with Gasteiger partial charge in [-0.1, -0.05) is 43.5 Å². The van der Waals surface area contributed by atoms with Crippen molar-refractivity contribution >= 4 is 21.7 Å². The van der Waals surface area contributed by atoms with E-state index in [1.54, 1.807) is 36.1 Å². The number of carbonyl (C=O) groups excluding carboxylic acids is 1. The normalized spacial score (nSPS) is 15.2. The fourth-order valence-corrected chi connectivity index (χ4v) is 5.37. The van der Waals surface area contributed by atoms with E-state index in [9.17, 15) is 13.2 Å². The van der Waals surface area contributed by atoms with Crippen LogP contribution in [0.15, 0.2) is 71.8 Å². The molecule has 0 spiro atoms. The monoisotopic (exact) mass is 438 g/mol. The van der Waals surface area contributed by atoms with E-state index in [0.717, 1.165) is 37.8 Å². The van der Waals surface area contributed by atoms with Gasteiger partial charge in [0.15, 0.2) is 5.82 Å². The van der Waals surface area contributed by atoms with Crippen LogP contribution in [-0.4, -0.2) is 41.5 Å². The molecule has 1 fully saturated rings. The van der Waals surface area contributed by atoms with Gasteiger partial charge in [-0.05, 0) is 43.2 Å². The molecule has 1 aliphatic rings. The van der Waals surface area contributed by atoms with Crippen LogP contribution in [0.3, 0.4) is 0 Å². The molecule has 1 heterocycles. The lowest BCUT2D eigenvalue weighted by molar-refractivity contribution is 0.102. The van der Waals surface area contributed by atoms with Crippen LogP contribution in [0.4, 0.5) is 5.82 Å². The summed E-state index contributed by atoms with van der Waals surface area (Å²) in [6.45, 7) is 0. The van der Waals surface area contributed by atoms with Gasteiger partial charge < -0.3 is 5.32 Å². The largest absolute Gasteiger partial charge is 0.305 e. The number of anilines is 1. The van der Waals surface area contributed by atoms with E-state index in [1.807, 2.05) is 30.3 Å². The zero-order valence-electron chi connectivity index (χ0n) is 17.4. The van der Waals surface area contributed by atoms with Gasteiger partial charge in [0, 0.05) is 30.9 Å². The van der Waals surface area contributed by atoms with E-state index in [4.69, 9.17) is 0 Å². The lowest BCUT2D eigenvalue weighted by Gasteiger charge is -2.30. The third kappa shape index (κ3) is 4.70. The summed E-state index contributed by atoms with van der Waals surface area (Å²) in [5.41, 5.74) is 1.15. The molecule has 1 saturated carbocycles. The molecule has 0 radical (unpaired) electrons. The molecule has 8 heteroatoms. The number of nitrogens with zero attached hydrogens (tertiary/aromatic N) is 3. The number of rotatable bonds is 6. The first kappa shape index (κ1) is 21.3. The zero-order valence-corrected chi connectivity index (χ0v) is 18.3. The molecule has 1 amide bonds. The van der Waals surface area contributed by atoms with Crippen LogP contribution in [0.25, 0.3) is 5.69 Å². The summed E-state index contributed by atoms with van der Waals surface area (Å²) in [5, 5.41) is 7.11. The van der Waals surface area contributed by atoms with E-state index in [1.165, 1.54) is 16.4 Å². The Hall–Kier alpha value is -2.97. The molecule has 1 aliphatic carbocycles. The molecular weight excluding hydrogens is 412 g/mol. The molecular formula is C23H26N4O3S. The minimum Gasteiger partial charge on any atom is -0.305 e. The van der Waals surface area contributed by atoms with Gasteiger partial charge in [0.25, 0.3) is 5.91 Å². The number of hydrogen-bond donors (Lipinski definition) is 1. The maximum Gasteiger partial charge on any atom is 0.256 e. The number of hydrogen-bond acceptors (Lipinski definition) is 4. The number of nitrogens with one attached hydrogen (secondary N) is 1. The Morgan fingerprint density at radius 1 is 1.03 bits per heavy atom. The number of carbonyl (C=O) groups is 1.